The van der Waals surface area contributed by atoms with Crippen molar-refractivity contribution in [3.8, 4) is 0 Å². The third-order valence-electron chi connectivity index (χ3n) is 2.87. The first-order chi connectivity index (χ1) is 7.99. The summed E-state index contributed by atoms with van der Waals surface area (Å²) in [6.45, 7) is 3.91. The molecule has 90 valence electrons. The van der Waals surface area contributed by atoms with Crippen molar-refractivity contribution in [2.24, 2.45) is 0 Å². The lowest BCUT2D eigenvalue weighted by atomic mass is 9.89. The zero-order chi connectivity index (χ0) is 12.5. The molecule has 0 spiro atoms. The molecule has 2 aromatic rings. The Balaban J connectivity index is 2.27. The van der Waals surface area contributed by atoms with E-state index in [1.54, 1.807) is 11.3 Å². The molecule has 1 unspecified atom stereocenters. The minimum atomic E-state index is -0.810. The minimum absolute atomic E-state index is 0.647. The molecule has 1 N–H and O–H groups in total. The van der Waals surface area contributed by atoms with Crippen molar-refractivity contribution < 1.29 is 5.11 Å². The predicted octanol–water partition coefficient (Wildman–Crippen LogP) is 4.27. The quantitative estimate of drug-likeness (QED) is 0.897. The van der Waals surface area contributed by atoms with Gasteiger partial charge in [-0.1, -0.05) is 24.3 Å². The van der Waals surface area contributed by atoms with E-state index in [0.717, 1.165) is 14.9 Å². The molecule has 0 aliphatic heterocycles. The predicted molar refractivity (Wildman–Crippen MR) is 76.5 cm³/mol. The molecule has 0 aliphatic rings. The second kappa shape index (κ2) is 4.92. The highest BCUT2D eigenvalue weighted by molar-refractivity contribution is 9.11. The lowest BCUT2D eigenvalue weighted by Gasteiger charge is -2.25. The maximum absolute atomic E-state index is 10.6. The summed E-state index contributed by atoms with van der Waals surface area (Å²) < 4.78 is 1.10. The highest BCUT2D eigenvalue weighted by atomic mass is 79.9. The average molecular weight is 311 g/mol. The Hall–Kier alpha value is -0.640. The molecule has 1 nitrogen and oxygen atoms in total. The Kier molecular flexibility index (Phi) is 3.71. The zero-order valence-corrected chi connectivity index (χ0v) is 12.3. The van der Waals surface area contributed by atoms with Crippen LogP contribution in [0.5, 0.6) is 0 Å². The number of halogens is 1. The Morgan fingerprint density at radius 3 is 2.53 bits per heavy atom. The molecule has 0 bridgehead atoms. The third kappa shape index (κ3) is 2.97. The van der Waals surface area contributed by atoms with Crippen LogP contribution >= 0.6 is 27.3 Å². The monoisotopic (exact) mass is 310 g/mol. The van der Waals surface area contributed by atoms with E-state index in [9.17, 15) is 5.11 Å². The number of aliphatic hydroxyl groups is 1. The average Bonchev–Trinajstić information content (AvgIpc) is 2.63. The largest absolute Gasteiger partial charge is 0.385 e. The van der Waals surface area contributed by atoms with Crippen LogP contribution in [0.2, 0.25) is 0 Å². The maximum Gasteiger partial charge on any atom is 0.0919 e. The van der Waals surface area contributed by atoms with Crippen LogP contribution in [0.4, 0.5) is 0 Å². The molecule has 2 rings (SSSR count). The van der Waals surface area contributed by atoms with E-state index in [4.69, 9.17) is 0 Å². The van der Waals surface area contributed by atoms with Crippen molar-refractivity contribution in [3.05, 3.63) is 56.2 Å². The first kappa shape index (κ1) is 12.8. The van der Waals surface area contributed by atoms with Crippen LogP contribution in [0.1, 0.15) is 22.9 Å². The molecular weight excluding hydrogens is 296 g/mol. The van der Waals surface area contributed by atoms with Gasteiger partial charge in [-0.05, 0) is 53.0 Å². The fourth-order valence-electron chi connectivity index (χ4n) is 2.06. The van der Waals surface area contributed by atoms with Gasteiger partial charge in [0.15, 0.2) is 0 Å². The number of benzene rings is 1. The van der Waals surface area contributed by atoms with E-state index < -0.39 is 5.60 Å². The molecule has 1 atom stereocenters. The summed E-state index contributed by atoms with van der Waals surface area (Å²) in [5.74, 6) is 0. The van der Waals surface area contributed by atoms with Crippen molar-refractivity contribution >= 4 is 27.3 Å². The number of hydrogen-bond donors (Lipinski definition) is 1. The molecule has 0 fully saturated rings. The zero-order valence-electron chi connectivity index (χ0n) is 9.90. The molecule has 0 saturated carbocycles. The Labute approximate surface area is 114 Å². The van der Waals surface area contributed by atoms with Gasteiger partial charge in [0.05, 0.1) is 9.39 Å². The van der Waals surface area contributed by atoms with Gasteiger partial charge in [0.1, 0.15) is 0 Å². The highest BCUT2D eigenvalue weighted by Crippen LogP contribution is 2.31. The van der Waals surface area contributed by atoms with E-state index in [2.05, 4.69) is 22.0 Å². The van der Waals surface area contributed by atoms with E-state index >= 15 is 0 Å². The topological polar surface area (TPSA) is 20.2 Å². The maximum atomic E-state index is 10.6. The van der Waals surface area contributed by atoms with E-state index in [0.29, 0.717) is 6.42 Å². The van der Waals surface area contributed by atoms with Gasteiger partial charge in [0.25, 0.3) is 0 Å². The van der Waals surface area contributed by atoms with Gasteiger partial charge in [0.2, 0.25) is 0 Å². The smallest absolute Gasteiger partial charge is 0.0919 e. The van der Waals surface area contributed by atoms with Gasteiger partial charge in [-0.15, -0.1) is 11.3 Å². The molecule has 0 saturated heterocycles. The van der Waals surface area contributed by atoms with Crippen molar-refractivity contribution in [1.82, 2.24) is 0 Å². The fraction of sp³-hybridized carbons (Fsp3) is 0.286. The number of thiophene rings is 1. The van der Waals surface area contributed by atoms with Crippen molar-refractivity contribution in [1.29, 1.82) is 0 Å². The molecule has 1 heterocycles. The van der Waals surface area contributed by atoms with Gasteiger partial charge in [-0.2, -0.15) is 0 Å². The number of rotatable bonds is 3. The van der Waals surface area contributed by atoms with Crippen molar-refractivity contribution in [2.75, 3.05) is 0 Å². The van der Waals surface area contributed by atoms with Crippen LogP contribution in [-0.2, 0) is 12.0 Å². The normalized spacial score (nSPS) is 14.6. The van der Waals surface area contributed by atoms with Crippen LogP contribution in [0.25, 0.3) is 0 Å². The first-order valence-corrected chi connectivity index (χ1v) is 7.13. The highest BCUT2D eigenvalue weighted by Gasteiger charge is 2.25. The lowest BCUT2D eigenvalue weighted by molar-refractivity contribution is 0.0578. The van der Waals surface area contributed by atoms with E-state index in [1.807, 2.05) is 44.2 Å². The summed E-state index contributed by atoms with van der Waals surface area (Å²) in [6.07, 6.45) is 0.647. The summed E-state index contributed by atoms with van der Waals surface area (Å²) in [7, 11) is 0. The van der Waals surface area contributed by atoms with Crippen LogP contribution in [0.15, 0.2) is 40.2 Å². The molecule has 0 aliphatic carbocycles. The minimum Gasteiger partial charge on any atom is -0.385 e. The van der Waals surface area contributed by atoms with Crippen LogP contribution in [0.3, 0.4) is 0 Å². The summed E-state index contributed by atoms with van der Waals surface area (Å²) >= 11 is 5.12. The van der Waals surface area contributed by atoms with Gasteiger partial charge < -0.3 is 5.11 Å². The molecule has 0 radical (unpaired) electrons. The number of hydrogen-bond acceptors (Lipinski definition) is 2. The molecule has 1 aromatic carbocycles. The third-order valence-corrected chi connectivity index (χ3v) is 4.50. The second-order valence-electron chi connectivity index (χ2n) is 4.47. The Bertz CT molecular complexity index is 516. The summed E-state index contributed by atoms with van der Waals surface area (Å²) in [6, 6.07) is 12.1. The molecular formula is C14H15BrOS. The molecule has 3 heteroatoms. The molecule has 17 heavy (non-hydrogen) atoms. The molecule has 0 amide bonds. The van der Waals surface area contributed by atoms with Crippen LogP contribution in [0, 0.1) is 6.92 Å². The summed E-state index contributed by atoms with van der Waals surface area (Å²) in [5, 5.41) is 10.6. The standard InChI is InChI=1S/C14H15BrOS/c1-10-5-3-4-6-12(10)14(2,16)9-11-7-8-13(15)17-11/h3-8,16H,9H2,1-2H3. The Morgan fingerprint density at radius 1 is 1.24 bits per heavy atom. The van der Waals surface area contributed by atoms with Crippen molar-refractivity contribution in [3.63, 3.8) is 0 Å². The fourth-order valence-corrected chi connectivity index (χ4v) is 3.69. The van der Waals surface area contributed by atoms with Crippen LogP contribution in [-0.4, -0.2) is 5.11 Å². The van der Waals surface area contributed by atoms with E-state index in [-0.39, 0.29) is 0 Å². The number of aryl methyl sites for hydroxylation is 1. The summed E-state index contributed by atoms with van der Waals surface area (Å²) in [5.41, 5.74) is 1.33. The Morgan fingerprint density at radius 2 is 1.94 bits per heavy atom. The van der Waals surface area contributed by atoms with Crippen molar-refractivity contribution in [2.45, 2.75) is 25.9 Å². The SMILES string of the molecule is Cc1ccccc1C(C)(O)Cc1ccc(Br)s1. The van der Waals surface area contributed by atoms with Crippen LogP contribution < -0.4 is 0 Å². The first-order valence-electron chi connectivity index (χ1n) is 5.52. The summed E-state index contributed by atoms with van der Waals surface area (Å²) in [4.78, 5) is 1.19. The second-order valence-corrected chi connectivity index (χ2v) is 7.02. The van der Waals surface area contributed by atoms with Gasteiger partial charge in [0, 0.05) is 11.3 Å². The van der Waals surface area contributed by atoms with Gasteiger partial charge in [-0.3, -0.25) is 0 Å². The lowest BCUT2D eigenvalue weighted by Crippen LogP contribution is -2.24. The van der Waals surface area contributed by atoms with Gasteiger partial charge >= 0.3 is 0 Å². The molecule has 1 aromatic heterocycles. The van der Waals surface area contributed by atoms with Gasteiger partial charge in [-0.25, -0.2) is 0 Å². The van der Waals surface area contributed by atoms with E-state index in [1.165, 1.54) is 4.88 Å².